The molecular weight excluding hydrogens is 226 g/mol. The average Bonchev–Trinajstić information content (AvgIpc) is 2.85. The lowest BCUT2D eigenvalue weighted by atomic mass is 10.2. The van der Waals surface area contributed by atoms with Crippen molar-refractivity contribution in [2.45, 2.75) is 32.4 Å². The summed E-state index contributed by atoms with van der Waals surface area (Å²) < 4.78 is 0. The molecule has 1 aromatic heterocycles. The number of aryl methyl sites for hydroxylation is 1. The first-order chi connectivity index (χ1) is 8.79. The fourth-order valence-electron chi connectivity index (χ4n) is 2.50. The van der Waals surface area contributed by atoms with Gasteiger partial charge in [-0.1, -0.05) is 6.07 Å². The van der Waals surface area contributed by atoms with Crippen LogP contribution in [-0.2, 0) is 6.54 Å². The first-order valence-electron chi connectivity index (χ1n) is 6.76. The van der Waals surface area contributed by atoms with Gasteiger partial charge in [0.1, 0.15) is 0 Å². The number of aliphatic hydroxyl groups is 1. The van der Waals surface area contributed by atoms with Gasteiger partial charge in [0.15, 0.2) is 0 Å². The van der Waals surface area contributed by atoms with E-state index in [1.165, 1.54) is 18.4 Å². The molecule has 1 atom stereocenters. The Bertz CT molecular complexity index is 364. The summed E-state index contributed by atoms with van der Waals surface area (Å²) in [7, 11) is 0. The number of nitrogens with zero attached hydrogens (tertiary/aromatic N) is 2. The van der Waals surface area contributed by atoms with E-state index in [2.05, 4.69) is 28.2 Å². The summed E-state index contributed by atoms with van der Waals surface area (Å²) in [6, 6.07) is 4.63. The average molecular weight is 249 g/mol. The van der Waals surface area contributed by atoms with Gasteiger partial charge in [0, 0.05) is 31.9 Å². The van der Waals surface area contributed by atoms with Gasteiger partial charge in [-0.25, -0.2) is 0 Å². The Hall–Kier alpha value is -0.970. The van der Waals surface area contributed by atoms with Crippen LogP contribution in [0.3, 0.4) is 0 Å². The fourth-order valence-corrected chi connectivity index (χ4v) is 2.50. The molecular formula is C14H23N3O. The minimum Gasteiger partial charge on any atom is -0.395 e. The van der Waals surface area contributed by atoms with E-state index in [0.29, 0.717) is 12.6 Å². The van der Waals surface area contributed by atoms with Gasteiger partial charge >= 0.3 is 0 Å². The van der Waals surface area contributed by atoms with Crippen molar-refractivity contribution in [2.24, 2.45) is 0 Å². The fraction of sp³-hybridized carbons (Fsp3) is 0.643. The summed E-state index contributed by atoms with van der Waals surface area (Å²) in [6.07, 6.45) is 4.34. The lowest BCUT2D eigenvalue weighted by molar-refractivity contribution is 0.177. The maximum Gasteiger partial charge on any atom is 0.0573 e. The topological polar surface area (TPSA) is 48.4 Å². The standard InChI is InChI=1S/C14H23N3O/c1-12-4-2-7-16-14(12)11-17(8-9-18)10-13-5-3-6-15-13/h2,4,7,13,15,18H,3,5-6,8-11H2,1H3. The number of pyridine rings is 1. The van der Waals surface area contributed by atoms with Gasteiger partial charge in [0.2, 0.25) is 0 Å². The Morgan fingerprint density at radius 2 is 2.44 bits per heavy atom. The molecule has 1 aliphatic rings. The number of aromatic nitrogens is 1. The van der Waals surface area contributed by atoms with Crippen molar-refractivity contribution in [2.75, 3.05) is 26.2 Å². The van der Waals surface area contributed by atoms with E-state index in [9.17, 15) is 5.11 Å². The van der Waals surface area contributed by atoms with Crippen LogP contribution in [0.1, 0.15) is 24.1 Å². The summed E-state index contributed by atoms with van der Waals surface area (Å²) in [5.74, 6) is 0. The largest absolute Gasteiger partial charge is 0.395 e. The lowest BCUT2D eigenvalue weighted by Gasteiger charge is -2.25. The molecule has 4 nitrogen and oxygen atoms in total. The molecule has 0 aliphatic carbocycles. The summed E-state index contributed by atoms with van der Waals surface area (Å²) in [6.45, 7) is 5.96. The van der Waals surface area contributed by atoms with Crippen LogP contribution in [0.15, 0.2) is 18.3 Å². The van der Waals surface area contributed by atoms with Crippen molar-refractivity contribution in [3.63, 3.8) is 0 Å². The third-order valence-electron chi connectivity index (χ3n) is 3.55. The predicted octanol–water partition coefficient (Wildman–Crippen LogP) is 0.936. The van der Waals surface area contributed by atoms with Crippen molar-refractivity contribution in [3.05, 3.63) is 29.6 Å². The zero-order valence-electron chi connectivity index (χ0n) is 11.1. The van der Waals surface area contributed by atoms with Crippen molar-refractivity contribution < 1.29 is 5.11 Å². The van der Waals surface area contributed by atoms with Crippen molar-refractivity contribution >= 4 is 0 Å². The van der Waals surface area contributed by atoms with E-state index >= 15 is 0 Å². The van der Waals surface area contributed by atoms with Gasteiger partial charge in [-0.2, -0.15) is 0 Å². The molecule has 0 spiro atoms. The van der Waals surface area contributed by atoms with Gasteiger partial charge in [-0.15, -0.1) is 0 Å². The Labute approximate surface area is 109 Å². The van der Waals surface area contributed by atoms with Gasteiger partial charge in [0.05, 0.1) is 12.3 Å². The second-order valence-corrected chi connectivity index (χ2v) is 5.02. The molecule has 0 amide bonds. The first kappa shape index (κ1) is 13.5. The van der Waals surface area contributed by atoms with Crippen molar-refractivity contribution in [1.82, 2.24) is 15.2 Å². The third-order valence-corrected chi connectivity index (χ3v) is 3.55. The quantitative estimate of drug-likeness (QED) is 0.787. The Morgan fingerprint density at radius 1 is 1.56 bits per heavy atom. The van der Waals surface area contributed by atoms with Crippen LogP contribution in [0.5, 0.6) is 0 Å². The molecule has 1 aliphatic heterocycles. The molecule has 2 N–H and O–H groups in total. The summed E-state index contributed by atoms with van der Waals surface area (Å²) in [4.78, 5) is 6.72. The minimum atomic E-state index is 0.207. The molecule has 0 saturated carbocycles. The maximum atomic E-state index is 9.18. The highest BCUT2D eigenvalue weighted by molar-refractivity contribution is 5.17. The molecule has 100 valence electrons. The number of aliphatic hydroxyl groups excluding tert-OH is 1. The highest BCUT2D eigenvalue weighted by atomic mass is 16.3. The molecule has 1 aromatic rings. The maximum absolute atomic E-state index is 9.18. The van der Waals surface area contributed by atoms with E-state index in [-0.39, 0.29) is 6.61 Å². The SMILES string of the molecule is Cc1cccnc1CN(CCO)CC1CCCN1. The van der Waals surface area contributed by atoms with Gasteiger partial charge in [0.25, 0.3) is 0 Å². The molecule has 1 unspecified atom stereocenters. The second kappa shape index (κ2) is 6.83. The molecule has 1 saturated heterocycles. The van der Waals surface area contributed by atoms with Crippen LogP contribution in [0.25, 0.3) is 0 Å². The van der Waals surface area contributed by atoms with Crippen LogP contribution in [0.4, 0.5) is 0 Å². The molecule has 18 heavy (non-hydrogen) atoms. The van der Waals surface area contributed by atoms with E-state index < -0.39 is 0 Å². The molecule has 2 heterocycles. The summed E-state index contributed by atoms with van der Waals surface area (Å²) in [5.41, 5.74) is 2.34. The van der Waals surface area contributed by atoms with E-state index in [1.54, 1.807) is 0 Å². The van der Waals surface area contributed by atoms with Crippen LogP contribution in [0.2, 0.25) is 0 Å². The van der Waals surface area contributed by atoms with E-state index in [1.807, 2.05) is 12.3 Å². The molecule has 0 radical (unpaired) electrons. The Balaban J connectivity index is 1.94. The third kappa shape index (κ3) is 3.77. The molecule has 0 aromatic carbocycles. The number of hydrogen-bond acceptors (Lipinski definition) is 4. The Kier molecular flexibility index (Phi) is 5.11. The Morgan fingerprint density at radius 3 is 3.11 bits per heavy atom. The second-order valence-electron chi connectivity index (χ2n) is 5.02. The van der Waals surface area contributed by atoms with Crippen LogP contribution >= 0.6 is 0 Å². The summed E-state index contributed by atoms with van der Waals surface area (Å²) >= 11 is 0. The highest BCUT2D eigenvalue weighted by Crippen LogP contribution is 2.11. The lowest BCUT2D eigenvalue weighted by Crippen LogP contribution is -2.38. The van der Waals surface area contributed by atoms with Crippen LogP contribution in [0, 0.1) is 6.92 Å². The molecule has 0 bridgehead atoms. The van der Waals surface area contributed by atoms with Crippen molar-refractivity contribution in [1.29, 1.82) is 0 Å². The molecule has 2 rings (SSSR count). The van der Waals surface area contributed by atoms with E-state index in [4.69, 9.17) is 0 Å². The highest BCUT2D eigenvalue weighted by Gasteiger charge is 2.18. The smallest absolute Gasteiger partial charge is 0.0573 e. The number of hydrogen-bond donors (Lipinski definition) is 2. The zero-order valence-corrected chi connectivity index (χ0v) is 11.1. The van der Waals surface area contributed by atoms with Gasteiger partial charge < -0.3 is 10.4 Å². The molecule has 1 fully saturated rings. The number of nitrogens with one attached hydrogen (secondary N) is 1. The predicted molar refractivity (Wildman–Crippen MR) is 72.4 cm³/mol. The van der Waals surface area contributed by atoms with Crippen LogP contribution < -0.4 is 5.32 Å². The van der Waals surface area contributed by atoms with Crippen LogP contribution in [-0.4, -0.2) is 47.3 Å². The minimum absolute atomic E-state index is 0.207. The monoisotopic (exact) mass is 249 g/mol. The van der Waals surface area contributed by atoms with Crippen molar-refractivity contribution in [3.8, 4) is 0 Å². The van der Waals surface area contributed by atoms with Gasteiger partial charge in [-0.05, 0) is 37.9 Å². The van der Waals surface area contributed by atoms with Gasteiger partial charge in [-0.3, -0.25) is 9.88 Å². The number of rotatable bonds is 6. The molecule has 4 heteroatoms. The van der Waals surface area contributed by atoms with E-state index in [0.717, 1.165) is 25.3 Å². The summed E-state index contributed by atoms with van der Waals surface area (Å²) in [5, 5.41) is 12.7. The normalized spacial score (nSPS) is 19.6. The first-order valence-corrected chi connectivity index (χ1v) is 6.76. The zero-order chi connectivity index (χ0) is 12.8.